The van der Waals surface area contributed by atoms with E-state index in [1.54, 1.807) is 0 Å². The van der Waals surface area contributed by atoms with Crippen LogP contribution < -0.4 is 26.2 Å². The molecule has 5 aliphatic heterocycles. The van der Waals surface area contributed by atoms with Crippen molar-refractivity contribution in [1.29, 1.82) is 0 Å². The molecule has 214 valence electrons. The van der Waals surface area contributed by atoms with Gasteiger partial charge in [0.05, 0.1) is 30.4 Å². The topological polar surface area (TPSA) is 98.4 Å². The van der Waals surface area contributed by atoms with Crippen LogP contribution >= 0.6 is 0 Å². The highest BCUT2D eigenvalue weighted by Crippen LogP contribution is 2.35. The number of rotatable bonds is 3. The number of amides is 1. The van der Waals surface area contributed by atoms with Crippen molar-refractivity contribution in [1.82, 2.24) is 30.9 Å². The van der Waals surface area contributed by atoms with E-state index in [9.17, 15) is 9.90 Å². The van der Waals surface area contributed by atoms with Crippen LogP contribution in [0.15, 0.2) is 35.9 Å². The molecule has 0 aliphatic carbocycles. The molecule has 2 bridgehead atoms. The number of anilines is 2. The number of nitrogens with one attached hydrogen (secondary N) is 4. The van der Waals surface area contributed by atoms with E-state index in [4.69, 9.17) is 0 Å². The third kappa shape index (κ3) is 5.55. The van der Waals surface area contributed by atoms with Crippen LogP contribution in [0.25, 0.3) is 0 Å². The maximum absolute atomic E-state index is 13.7. The minimum absolute atomic E-state index is 0.00537. The van der Waals surface area contributed by atoms with Gasteiger partial charge in [-0.3, -0.25) is 25.8 Å². The molecular weight excluding hydrogens is 492 g/mol. The fraction of sp³-hybridized carbons (Fsp3) is 0.690. The molecule has 1 aromatic rings. The molecule has 4 saturated heterocycles. The molecule has 0 spiro atoms. The van der Waals surface area contributed by atoms with Crippen LogP contribution in [-0.4, -0.2) is 103 Å². The molecule has 10 nitrogen and oxygen atoms in total. The third-order valence-electron chi connectivity index (χ3n) is 9.42. The standard InChI is InChI=1S/C29H46N8O2/c1-20-6-5-13-29(2,39)24-7-4-8-25(32-24)37-26-23(27(38)36(37)19-20)18-30-28(33-26)31-21-9-11-22(12-10-21)35-16-14-34(3)15-17-35/h6,9-12,23-26,28,30-33,39H,4-5,7-8,13-19H2,1-3H3/b20-6-. The Balaban J connectivity index is 1.18. The predicted molar refractivity (Wildman–Crippen MR) is 154 cm³/mol. The Kier molecular flexibility index (Phi) is 7.60. The highest BCUT2D eigenvalue weighted by Gasteiger charge is 2.53. The van der Waals surface area contributed by atoms with Crippen molar-refractivity contribution in [2.75, 3.05) is 56.5 Å². The number of carbonyl (C=O) groups excluding carboxylic acids is 1. The zero-order valence-corrected chi connectivity index (χ0v) is 23.7. The lowest BCUT2D eigenvalue weighted by Gasteiger charge is -2.47. The van der Waals surface area contributed by atoms with Crippen LogP contribution in [0.2, 0.25) is 0 Å². The van der Waals surface area contributed by atoms with Gasteiger partial charge in [-0.1, -0.05) is 11.6 Å². The van der Waals surface area contributed by atoms with Gasteiger partial charge in [0, 0.05) is 50.1 Å². The minimum atomic E-state index is -0.782. The number of hydrazine groups is 1. The molecule has 6 atom stereocenters. The number of benzene rings is 1. The summed E-state index contributed by atoms with van der Waals surface area (Å²) in [5.41, 5.74) is 2.69. The van der Waals surface area contributed by atoms with Gasteiger partial charge in [0.25, 0.3) is 0 Å². The summed E-state index contributed by atoms with van der Waals surface area (Å²) in [4.78, 5) is 18.5. The van der Waals surface area contributed by atoms with Gasteiger partial charge in [-0.25, -0.2) is 0 Å². The quantitative estimate of drug-likeness (QED) is 0.365. The molecule has 0 saturated carbocycles. The molecule has 0 radical (unpaired) electrons. The molecule has 5 N–H and O–H groups in total. The number of nitrogens with zero attached hydrogens (tertiary/aromatic N) is 4. The van der Waals surface area contributed by atoms with Crippen molar-refractivity contribution in [3.63, 3.8) is 0 Å². The van der Waals surface area contributed by atoms with Crippen LogP contribution in [0.3, 0.4) is 0 Å². The molecule has 0 aromatic heterocycles. The SMILES string of the molecule is C/C1=C/CCC(C)(O)C2CCCC(N2)N2C3NC(Nc4ccc(N5CCN(C)CC5)cc4)NCC3C(=O)N2C1. The Hall–Kier alpha value is -2.21. The summed E-state index contributed by atoms with van der Waals surface area (Å²) in [7, 11) is 2.18. The Labute approximate surface area is 232 Å². The first-order valence-electron chi connectivity index (χ1n) is 14.8. The lowest BCUT2D eigenvalue weighted by molar-refractivity contribution is -0.147. The summed E-state index contributed by atoms with van der Waals surface area (Å²) >= 11 is 0. The number of likely N-dealkylation sites (N-methyl/N-ethyl adjacent to an activating group) is 1. The van der Waals surface area contributed by atoms with Crippen molar-refractivity contribution < 1.29 is 9.90 Å². The number of aliphatic hydroxyl groups is 1. The average Bonchev–Trinajstić information content (AvgIpc) is 3.19. The van der Waals surface area contributed by atoms with E-state index in [1.807, 2.05) is 11.9 Å². The lowest BCUT2D eigenvalue weighted by atomic mass is 9.85. The van der Waals surface area contributed by atoms with E-state index in [1.165, 1.54) is 11.3 Å². The number of hydrogen-bond acceptors (Lipinski definition) is 9. The maximum atomic E-state index is 13.7. The van der Waals surface area contributed by atoms with Crippen molar-refractivity contribution in [3.05, 3.63) is 35.9 Å². The van der Waals surface area contributed by atoms with Crippen molar-refractivity contribution in [3.8, 4) is 0 Å². The van der Waals surface area contributed by atoms with E-state index >= 15 is 0 Å². The zero-order valence-electron chi connectivity index (χ0n) is 23.7. The second-order valence-corrected chi connectivity index (χ2v) is 12.4. The van der Waals surface area contributed by atoms with Gasteiger partial charge in [0.2, 0.25) is 5.91 Å². The van der Waals surface area contributed by atoms with Crippen LogP contribution in [0, 0.1) is 5.92 Å². The summed E-state index contributed by atoms with van der Waals surface area (Å²) < 4.78 is 0. The molecule has 1 aromatic carbocycles. The van der Waals surface area contributed by atoms with Gasteiger partial charge in [0.1, 0.15) is 6.29 Å². The number of fused-ring (bicyclic) bond motifs is 6. The van der Waals surface area contributed by atoms with E-state index in [0.29, 0.717) is 13.1 Å². The van der Waals surface area contributed by atoms with Gasteiger partial charge in [0.15, 0.2) is 0 Å². The van der Waals surface area contributed by atoms with E-state index in [-0.39, 0.29) is 36.5 Å². The summed E-state index contributed by atoms with van der Waals surface area (Å²) in [6.07, 6.45) is 6.36. The predicted octanol–water partition coefficient (Wildman–Crippen LogP) is 1.29. The van der Waals surface area contributed by atoms with Crippen molar-refractivity contribution >= 4 is 17.3 Å². The summed E-state index contributed by atoms with van der Waals surface area (Å²) in [5, 5.41) is 30.1. The molecule has 1 amide bonds. The summed E-state index contributed by atoms with van der Waals surface area (Å²) in [5.74, 6) is -0.00116. The normalized spacial score (nSPS) is 37.9. The van der Waals surface area contributed by atoms with E-state index in [2.05, 4.69) is 80.4 Å². The number of hydrogen-bond donors (Lipinski definition) is 5. The fourth-order valence-electron chi connectivity index (χ4n) is 6.95. The number of piperazine rings is 1. The first-order chi connectivity index (χ1) is 18.8. The average molecular weight is 539 g/mol. The first kappa shape index (κ1) is 27.0. The van der Waals surface area contributed by atoms with Crippen LogP contribution in [-0.2, 0) is 4.79 Å². The van der Waals surface area contributed by atoms with Gasteiger partial charge >= 0.3 is 0 Å². The first-order valence-corrected chi connectivity index (χ1v) is 14.8. The minimum Gasteiger partial charge on any atom is -0.389 e. The van der Waals surface area contributed by atoms with Crippen LogP contribution in [0.5, 0.6) is 0 Å². The number of piperidine rings is 1. The van der Waals surface area contributed by atoms with Gasteiger partial charge < -0.3 is 20.2 Å². The Morgan fingerprint density at radius 1 is 1.08 bits per heavy atom. The second-order valence-electron chi connectivity index (χ2n) is 12.4. The molecule has 5 aliphatic rings. The van der Waals surface area contributed by atoms with Crippen LogP contribution in [0.1, 0.15) is 46.0 Å². The molecule has 4 fully saturated rings. The zero-order chi connectivity index (χ0) is 27.1. The highest BCUT2D eigenvalue weighted by atomic mass is 16.3. The van der Waals surface area contributed by atoms with E-state index in [0.717, 1.165) is 64.0 Å². The maximum Gasteiger partial charge on any atom is 0.244 e. The van der Waals surface area contributed by atoms with Gasteiger partial charge in [-0.15, -0.1) is 0 Å². The fourth-order valence-corrected chi connectivity index (χ4v) is 6.95. The highest BCUT2D eigenvalue weighted by molar-refractivity contribution is 5.82. The summed E-state index contributed by atoms with van der Waals surface area (Å²) in [6, 6.07) is 8.69. The van der Waals surface area contributed by atoms with Crippen molar-refractivity contribution in [2.45, 2.75) is 76.2 Å². The molecule has 6 unspecified atom stereocenters. The molecule has 10 heteroatoms. The number of carbonyl (C=O) groups is 1. The number of allylic oxidation sites excluding steroid dienone is 1. The van der Waals surface area contributed by atoms with Crippen LogP contribution in [0.4, 0.5) is 11.4 Å². The second kappa shape index (κ2) is 11.0. The van der Waals surface area contributed by atoms with Crippen molar-refractivity contribution in [2.24, 2.45) is 5.92 Å². The third-order valence-corrected chi connectivity index (χ3v) is 9.42. The van der Waals surface area contributed by atoms with Gasteiger partial charge in [-0.05, 0) is 77.3 Å². The molecule has 5 heterocycles. The van der Waals surface area contributed by atoms with Gasteiger partial charge in [-0.2, -0.15) is 5.01 Å². The largest absolute Gasteiger partial charge is 0.389 e. The Bertz CT molecular complexity index is 1050. The smallest absolute Gasteiger partial charge is 0.244 e. The lowest BCUT2D eigenvalue weighted by Crippen LogP contribution is -2.69. The molecule has 6 rings (SSSR count). The summed E-state index contributed by atoms with van der Waals surface area (Å²) in [6.45, 7) is 9.55. The Morgan fingerprint density at radius 2 is 1.85 bits per heavy atom. The Morgan fingerprint density at radius 3 is 2.62 bits per heavy atom. The molecule has 39 heavy (non-hydrogen) atoms. The van der Waals surface area contributed by atoms with E-state index < -0.39 is 5.60 Å². The monoisotopic (exact) mass is 538 g/mol. The molecular formula is C29H46N8O2.